The van der Waals surface area contributed by atoms with Crippen molar-refractivity contribution >= 4 is 28.9 Å². The number of aromatic nitrogens is 1. The van der Waals surface area contributed by atoms with Gasteiger partial charge >= 0.3 is 0 Å². The highest BCUT2D eigenvalue weighted by Gasteiger charge is 2.26. The molecule has 0 aliphatic heterocycles. The monoisotopic (exact) mass is 373 g/mol. The summed E-state index contributed by atoms with van der Waals surface area (Å²) in [4.78, 5) is 25.2. The first-order valence-electron chi connectivity index (χ1n) is 8.25. The predicted octanol–water partition coefficient (Wildman–Crippen LogP) is 0.239. The smallest absolute Gasteiger partial charge is 0.269 e. The molecule has 3 rings (SSSR count). The second-order valence-corrected chi connectivity index (χ2v) is 7.08. The molecule has 0 aromatic carbocycles. The van der Waals surface area contributed by atoms with Crippen LogP contribution in [0.1, 0.15) is 24.4 Å². The van der Waals surface area contributed by atoms with E-state index in [4.69, 9.17) is 9.15 Å². The van der Waals surface area contributed by atoms with E-state index in [1.54, 1.807) is 18.2 Å². The van der Waals surface area contributed by atoms with Crippen LogP contribution in [0.25, 0.3) is 11.6 Å². The molecule has 1 aliphatic carbocycles. The average molecular weight is 373 g/mol. The van der Waals surface area contributed by atoms with Crippen LogP contribution in [-0.2, 0) is 16.1 Å². The van der Waals surface area contributed by atoms with Gasteiger partial charge in [-0.2, -0.15) is 5.26 Å². The predicted molar refractivity (Wildman–Crippen MR) is 96.9 cm³/mol. The highest BCUT2D eigenvalue weighted by molar-refractivity contribution is 7.07. The molecule has 1 amide bonds. The number of thiazole rings is 1. The van der Waals surface area contributed by atoms with Crippen molar-refractivity contribution in [3.8, 4) is 6.07 Å². The number of hydrogen-bond donors (Lipinski definition) is 1. The Bertz CT molecular complexity index is 1030. The van der Waals surface area contributed by atoms with Crippen molar-refractivity contribution in [1.82, 2.24) is 9.88 Å². The van der Waals surface area contributed by atoms with E-state index in [0.29, 0.717) is 21.6 Å². The molecule has 2 heterocycles. The van der Waals surface area contributed by atoms with Crippen LogP contribution in [0.4, 0.5) is 0 Å². The minimum absolute atomic E-state index is 0.0506. The first-order valence-corrected chi connectivity index (χ1v) is 9.07. The molecule has 2 aromatic heterocycles. The second kappa shape index (κ2) is 7.72. The van der Waals surface area contributed by atoms with Crippen molar-refractivity contribution in [3.05, 3.63) is 43.2 Å². The van der Waals surface area contributed by atoms with Gasteiger partial charge in [0.1, 0.15) is 22.3 Å². The summed E-state index contributed by atoms with van der Waals surface area (Å²) in [6.45, 7) is 2.37. The number of methoxy groups -OCH3 is 1. The van der Waals surface area contributed by atoms with Crippen molar-refractivity contribution in [2.24, 2.45) is 0 Å². The lowest BCUT2D eigenvalue weighted by Crippen LogP contribution is -2.36. The fourth-order valence-corrected chi connectivity index (χ4v) is 3.54. The number of nitrogens with zero attached hydrogens (tertiary/aromatic N) is 2. The lowest BCUT2D eigenvalue weighted by atomic mass is 10.3. The summed E-state index contributed by atoms with van der Waals surface area (Å²) >= 11 is 1.11. The third-order valence-corrected chi connectivity index (χ3v) is 5.06. The third-order valence-electron chi connectivity index (χ3n) is 3.93. The molecule has 0 spiro atoms. The Kier molecular flexibility index (Phi) is 5.40. The number of aryl methyl sites for hydroxylation is 1. The first-order chi connectivity index (χ1) is 12.5. The Morgan fingerprint density at radius 3 is 2.88 bits per heavy atom. The summed E-state index contributed by atoms with van der Waals surface area (Å²) < 4.78 is 12.7. The second-order valence-electron chi connectivity index (χ2n) is 6.05. The number of nitriles is 1. The Hall–Kier alpha value is -2.63. The number of carbonyl (C=O) groups is 1. The molecule has 1 aliphatic rings. The van der Waals surface area contributed by atoms with Gasteiger partial charge in [-0.05, 0) is 31.9 Å². The van der Waals surface area contributed by atoms with Crippen LogP contribution in [-0.4, -0.2) is 30.2 Å². The van der Waals surface area contributed by atoms with E-state index in [2.05, 4.69) is 5.32 Å². The lowest BCUT2D eigenvalue weighted by Gasteiger charge is -2.03. The quantitative estimate of drug-likeness (QED) is 0.782. The molecule has 0 radical (unpaired) electrons. The molecule has 0 unspecified atom stereocenters. The number of ether oxygens (including phenoxy) is 1. The van der Waals surface area contributed by atoms with E-state index in [1.165, 1.54) is 11.7 Å². The maximum Gasteiger partial charge on any atom is 0.269 e. The maximum absolute atomic E-state index is 12.8. The standard InChI is InChI=1S/C18H19N3O4S/c1-11-3-6-13(25-11)9-15-17(23)21(7-8-24-2)18(26-15)14(10-19)16(22)20-12-4-5-12/h3,6,9,12H,4-5,7-8H2,1-2H3,(H,20,22). The van der Waals surface area contributed by atoms with Gasteiger partial charge in [0.15, 0.2) is 5.57 Å². The van der Waals surface area contributed by atoms with Gasteiger partial charge in [-0.25, -0.2) is 0 Å². The summed E-state index contributed by atoms with van der Waals surface area (Å²) in [6, 6.07) is 5.65. The Labute approximate surface area is 153 Å². The molecule has 7 nitrogen and oxygen atoms in total. The van der Waals surface area contributed by atoms with Crippen LogP contribution in [0.5, 0.6) is 0 Å². The van der Waals surface area contributed by atoms with Gasteiger partial charge in [-0.15, -0.1) is 11.3 Å². The van der Waals surface area contributed by atoms with E-state index in [9.17, 15) is 14.9 Å². The van der Waals surface area contributed by atoms with Gasteiger partial charge in [-0.1, -0.05) is 0 Å². The van der Waals surface area contributed by atoms with E-state index in [1.807, 2.05) is 13.0 Å². The van der Waals surface area contributed by atoms with E-state index in [0.717, 1.165) is 29.9 Å². The summed E-state index contributed by atoms with van der Waals surface area (Å²) in [6.07, 6.45) is 3.46. The lowest BCUT2D eigenvalue weighted by molar-refractivity contribution is -0.115. The summed E-state index contributed by atoms with van der Waals surface area (Å²) in [5, 5.41) is 12.3. The fourth-order valence-electron chi connectivity index (χ4n) is 2.43. The van der Waals surface area contributed by atoms with Gasteiger partial charge in [0, 0.05) is 19.2 Å². The highest BCUT2D eigenvalue weighted by atomic mass is 32.1. The number of rotatable bonds is 6. The van der Waals surface area contributed by atoms with Crippen molar-refractivity contribution in [3.63, 3.8) is 0 Å². The molecule has 1 fully saturated rings. The largest absolute Gasteiger partial charge is 0.462 e. The highest BCUT2D eigenvalue weighted by Crippen LogP contribution is 2.19. The van der Waals surface area contributed by atoms with E-state index >= 15 is 0 Å². The zero-order chi connectivity index (χ0) is 18.7. The number of nitrogens with one attached hydrogen (secondary N) is 1. The zero-order valence-electron chi connectivity index (χ0n) is 14.6. The number of carbonyl (C=O) groups excluding carboxylic acids is 1. The van der Waals surface area contributed by atoms with E-state index < -0.39 is 5.91 Å². The molecule has 2 aromatic rings. The van der Waals surface area contributed by atoms with Crippen molar-refractivity contribution in [2.45, 2.75) is 32.4 Å². The molecule has 0 atom stereocenters. The van der Waals surface area contributed by atoms with E-state index in [-0.39, 0.29) is 23.7 Å². The maximum atomic E-state index is 12.8. The number of furan rings is 1. The molecule has 0 saturated heterocycles. The van der Waals surface area contributed by atoms with Crippen LogP contribution in [0.3, 0.4) is 0 Å². The third kappa shape index (κ3) is 3.95. The zero-order valence-corrected chi connectivity index (χ0v) is 15.4. The SMILES string of the molecule is COCCn1c(=C(C#N)C(=O)NC2CC2)sc(=Cc2ccc(C)o2)c1=O. The minimum Gasteiger partial charge on any atom is -0.462 e. The van der Waals surface area contributed by atoms with Gasteiger partial charge in [0.25, 0.3) is 11.5 Å². The van der Waals surface area contributed by atoms with Gasteiger partial charge in [0.05, 0.1) is 17.7 Å². The molecule has 8 heteroatoms. The minimum atomic E-state index is -0.442. The normalized spacial score (nSPS) is 15.7. The molecular weight excluding hydrogens is 354 g/mol. The van der Waals surface area contributed by atoms with Gasteiger partial charge < -0.3 is 14.5 Å². The van der Waals surface area contributed by atoms with Crippen molar-refractivity contribution < 1.29 is 13.9 Å². The molecule has 1 N–H and O–H groups in total. The van der Waals surface area contributed by atoms with Crippen LogP contribution in [0, 0.1) is 18.3 Å². The van der Waals surface area contributed by atoms with Gasteiger partial charge in [-0.3, -0.25) is 14.2 Å². The van der Waals surface area contributed by atoms with Crippen LogP contribution in [0.15, 0.2) is 21.3 Å². The topological polar surface area (TPSA) is 97.3 Å². The van der Waals surface area contributed by atoms with Crippen LogP contribution < -0.4 is 20.1 Å². The number of amides is 1. The first kappa shape index (κ1) is 18.2. The molecular formula is C18H19N3O4S. The fraction of sp³-hybridized carbons (Fsp3) is 0.389. The Morgan fingerprint density at radius 1 is 1.54 bits per heavy atom. The van der Waals surface area contributed by atoms with Crippen molar-refractivity contribution in [2.75, 3.05) is 13.7 Å². The van der Waals surface area contributed by atoms with Crippen LogP contribution >= 0.6 is 11.3 Å². The average Bonchev–Trinajstić information content (AvgIpc) is 3.25. The molecule has 136 valence electrons. The Morgan fingerprint density at radius 2 is 2.31 bits per heavy atom. The van der Waals surface area contributed by atoms with Crippen molar-refractivity contribution in [1.29, 1.82) is 5.26 Å². The number of hydrogen-bond acceptors (Lipinski definition) is 6. The summed E-state index contributed by atoms with van der Waals surface area (Å²) in [7, 11) is 1.53. The summed E-state index contributed by atoms with van der Waals surface area (Å²) in [5.74, 6) is 0.843. The molecule has 1 saturated carbocycles. The van der Waals surface area contributed by atoms with Gasteiger partial charge in [0.2, 0.25) is 0 Å². The molecule has 0 bridgehead atoms. The summed E-state index contributed by atoms with van der Waals surface area (Å²) in [5.41, 5.74) is -0.326. The Balaban J connectivity index is 2.16. The molecule has 26 heavy (non-hydrogen) atoms. The van der Waals surface area contributed by atoms with Crippen LogP contribution in [0.2, 0.25) is 0 Å².